The zero-order chi connectivity index (χ0) is 10.8. The van der Waals surface area contributed by atoms with Crippen molar-refractivity contribution in [2.45, 2.75) is 6.54 Å². The van der Waals surface area contributed by atoms with Gasteiger partial charge in [0.25, 0.3) is 5.91 Å². The van der Waals surface area contributed by atoms with E-state index >= 15 is 0 Å². The van der Waals surface area contributed by atoms with Gasteiger partial charge in [-0.1, -0.05) is 60.9 Å². The van der Waals surface area contributed by atoms with Gasteiger partial charge in [-0.05, 0) is 5.56 Å². The normalized spacial score (nSPS) is 16.3. The molecule has 0 aromatic heterocycles. The fraction of sp³-hybridized carbons (Fsp3) is 0.0909. The Bertz CT molecular complexity index is 427. The largest absolute Gasteiger partial charge is 0.288 e. The van der Waals surface area contributed by atoms with Crippen LogP contribution in [0.25, 0.3) is 0 Å². The van der Waals surface area contributed by atoms with E-state index in [0.717, 1.165) is 5.56 Å². The number of thioether (sulfide) groups is 1. The van der Waals surface area contributed by atoms with Gasteiger partial charge >= 0.3 is 0 Å². The van der Waals surface area contributed by atoms with Crippen LogP contribution in [-0.4, -0.2) is 15.1 Å². The minimum absolute atomic E-state index is 0.0751. The molecule has 1 aliphatic heterocycles. The summed E-state index contributed by atoms with van der Waals surface area (Å²) in [6.07, 6.45) is 0. The number of thiocarbonyl (C=S) groups is 1. The van der Waals surface area contributed by atoms with E-state index in [-0.39, 0.29) is 5.91 Å². The summed E-state index contributed by atoms with van der Waals surface area (Å²) in [6.45, 7) is 4.19. The van der Waals surface area contributed by atoms with Crippen LogP contribution in [0.15, 0.2) is 41.8 Å². The molecule has 0 saturated carbocycles. The van der Waals surface area contributed by atoms with Crippen LogP contribution >= 0.6 is 24.0 Å². The topological polar surface area (TPSA) is 20.3 Å². The predicted octanol–water partition coefficient (Wildman–Crippen LogP) is 2.56. The zero-order valence-electron chi connectivity index (χ0n) is 7.97. The number of carbonyl (C=O) groups excluding carboxylic acids is 1. The summed E-state index contributed by atoms with van der Waals surface area (Å²) in [6, 6.07) is 9.78. The van der Waals surface area contributed by atoms with E-state index in [0.29, 0.717) is 15.8 Å². The number of hydrogen-bond donors (Lipinski definition) is 0. The third-order valence-corrected chi connectivity index (χ3v) is 3.38. The van der Waals surface area contributed by atoms with Crippen LogP contribution in [0.2, 0.25) is 0 Å². The molecule has 0 atom stereocenters. The lowest BCUT2D eigenvalue weighted by Crippen LogP contribution is -2.27. The molecule has 1 saturated heterocycles. The highest BCUT2D eigenvalue weighted by atomic mass is 32.2. The van der Waals surface area contributed by atoms with Crippen LogP contribution in [0.3, 0.4) is 0 Å². The molecule has 76 valence electrons. The first-order chi connectivity index (χ1) is 7.18. The molecule has 4 heteroatoms. The SMILES string of the molecule is C=C1SC(=S)N(Cc2ccccc2)C1=O. The number of hydrogen-bond acceptors (Lipinski definition) is 3. The average molecular weight is 235 g/mol. The Morgan fingerprint density at radius 3 is 2.53 bits per heavy atom. The van der Waals surface area contributed by atoms with Crippen molar-refractivity contribution in [2.75, 3.05) is 0 Å². The molecule has 15 heavy (non-hydrogen) atoms. The second-order valence-electron chi connectivity index (χ2n) is 3.17. The lowest BCUT2D eigenvalue weighted by molar-refractivity contribution is -0.122. The summed E-state index contributed by atoms with van der Waals surface area (Å²) >= 11 is 6.37. The van der Waals surface area contributed by atoms with Gasteiger partial charge in [0.05, 0.1) is 11.4 Å². The van der Waals surface area contributed by atoms with Gasteiger partial charge in [-0.25, -0.2) is 0 Å². The first kappa shape index (κ1) is 10.4. The van der Waals surface area contributed by atoms with Crippen molar-refractivity contribution in [3.05, 3.63) is 47.4 Å². The highest BCUT2D eigenvalue weighted by Gasteiger charge is 2.30. The van der Waals surface area contributed by atoms with Crippen LogP contribution < -0.4 is 0 Å². The molecule has 0 bridgehead atoms. The number of amides is 1. The van der Waals surface area contributed by atoms with Gasteiger partial charge in [-0.2, -0.15) is 0 Å². The molecule has 2 rings (SSSR count). The van der Waals surface area contributed by atoms with Crippen LogP contribution in [0, 0.1) is 0 Å². The van der Waals surface area contributed by atoms with Crippen molar-refractivity contribution in [2.24, 2.45) is 0 Å². The summed E-state index contributed by atoms with van der Waals surface area (Å²) in [5, 5.41) is 0. The second kappa shape index (κ2) is 4.16. The maximum Gasteiger partial charge on any atom is 0.265 e. The van der Waals surface area contributed by atoms with Gasteiger partial charge in [0, 0.05) is 0 Å². The Morgan fingerprint density at radius 2 is 2.00 bits per heavy atom. The van der Waals surface area contributed by atoms with E-state index in [9.17, 15) is 4.79 Å². The van der Waals surface area contributed by atoms with Gasteiger partial charge in [0.1, 0.15) is 4.32 Å². The fourth-order valence-corrected chi connectivity index (χ4v) is 2.46. The number of benzene rings is 1. The lowest BCUT2D eigenvalue weighted by Gasteiger charge is -2.14. The van der Waals surface area contributed by atoms with Crippen LogP contribution in [-0.2, 0) is 11.3 Å². The smallest absolute Gasteiger partial charge is 0.265 e. The quantitative estimate of drug-likeness (QED) is 0.580. The molecule has 0 aliphatic carbocycles. The van der Waals surface area contributed by atoms with Gasteiger partial charge in [0.15, 0.2) is 0 Å². The first-order valence-electron chi connectivity index (χ1n) is 4.45. The minimum Gasteiger partial charge on any atom is -0.288 e. The molecule has 1 amide bonds. The summed E-state index contributed by atoms with van der Waals surface area (Å²) in [7, 11) is 0. The molecule has 0 unspecified atom stereocenters. The Labute approximate surface area is 98.0 Å². The minimum atomic E-state index is -0.0751. The maximum atomic E-state index is 11.6. The van der Waals surface area contributed by atoms with Crippen molar-refractivity contribution >= 4 is 34.2 Å². The molecule has 1 aromatic carbocycles. The maximum absolute atomic E-state index is 11.6. The predicted molar refractivity (Wildman–Crippen MR) is 66.3 cm³/mol. The third kappa shape index (κ3) is 2.11. The molecular weight excluding hydrogens is 226 g/mol. The van der Waals surface area contributed by atoms with Gasteiger partial charge < -0.3 is 0 Å². The van der Waals surface area contributed by atoms with E-state index in [2.05, 4.69) is 6.58 Å². The van der Waals surface area contributed by atoms with Crippen molar-refractivity contribution in [1.82, 2.24) is 4.90 Å². The molecule has 2 nitrogen and oxygen atoms in total. The second-order valence-corrected chi connectivity index (χ2v) is 4.90. The average Bonchev–Trinajstić information content (AvgIpc) is 2.47. The summed E-state index contributed by atoms with van der Waals surface area (Å²) in [5.41, 5.74) is 1.07. The Balaban J connectivity index is 2.16. The van der Waals surface area contributed by atoms with Crippen molar-refractivity contribution in [3.8, 4) is 0 Å². The van der Waals surface area contributed by atoms with Gasteiger partial charge in [-0.3, -0.25) is 9.69 Å². The third-order valence-electron chi connectivity index (χ3n) is 2.10. The van der Waals surface area contributed by atoms with E-state index < -0.39 is 0 Å². The number of nitrogens with zero attached hydrogens (tertiary/aromatic N) is 1. The summed E-state index contributed by atoms with van der Waals surface area (Å²) < 4.78 is 0.592. The van der Waals surface area contributed by atoms with Gasteiger partial charge in [0.2, 0.25) is 0 Å². The summed E-state index contributed by atoms with van der Waals surface area (Å²) in [4.78, 5) is 13.7. The van der Waals surface area contributed by atoms with Crippen LogP contribution in [0.1, 0.15) is 5.56 Å². The molecule has 1 aromatic rings. The standard InChI is InChI=1S/C11H9NOS2/c1-8-10(13)12(11(14)15-8)7-9-5-3-2-4-6-9/h2-6H,1,7H2. The van der Waals surface area contributed by atoms with Crippen molar-refractivity contribution in [3.63, 3.8) is 0 Å². The molecule has 0 radical (unpaired) electrons. The highest BCUT2D eigenvalue weighted by Crippen LogP contribution is 2.30. The molecule has 0 spiro atoms. The number of carbonyl (C=O) groups is 1. The van der Waals surface area contributed by atoms with Crippen LogP contribution in [0.4, 0.5) is 0 Å². The first-order valence-corrected chi connectivity index (χ1v) is 5.67. The molecule has 1 fully saturated rings. The lowest BCUT2D eigenvalue weighted by atomic mass is 10.2. The van der Waals surface area contributed by atoms with E-state index in [1.807, 2.05) is 30.3 Å². The van der Waals surface area contributed by atoms with E-state index in [1.165, 1.54) is 11.8 Å². The molecule has 1 heterocycles. The van der Waals surface area contributed by atoms with E-state index in [1.54, 1.807) is 4.90 Å². The fourth-order valence-electron chi connectivity index (χ4n) is 1.34. The van der Waals surface area contributed by atoms with Gasteiger partial charge in [-0.15, -0.1) is 0 Å². The van der Waals surface area contributed by atoms with Crippen molar-refractivity contribution < 1.29 is 4.79 Å². The molecule has 0 N–H and O–H groups in total. The van der Waals surface area contributed by atoms with Crippen molar-refractivity contribution in [1.29, 1.82) is 0 Å². The molecule has 1 aliphatic rings. The molecular formula is C11H9NOS2. The Morgan fingerprint density at radius 1 is 1.33 bits per heavy atom. The van der Waals surface area contributed by atoms with Crippen LogP contribution in [0.5, 0.6) is 0 Å². The summed E-state index contributed by atoms with van der Waals surface area (Å²) in [5.74, 6) is -0.0751. The number of rotatable bonds is 2. The Hall–Kier alpha value is -1.13. The monoisotopic (exact) mass is 235 g/mol. The Kier molecular flexibility index (Phi) is 2.88. The zero-order valence-corrected chi connectivity index (χ0v) is 9.61. The highest BCUT2D eigenvalue weighted by molar-refractivity contribution is 8.26. The van der Waals surface area contributed by atoms with E-state index in [4.69, 9.17) is 12.2 Å².